The molecule has 0 aromatic heterocycles. The topological polar surface area (TPSA) is 67.5 Å². The molecule has 4 heteroatoms. The number of benzene rings is 1. The van der Waals surface area contributed by atoms with E-state index in [9.17, 15) is 5.11 Å². The average Bonchev–Trinajstić information content (AvgIpc) is 2.29. The first-order valence-corrected chi connectivity index (χ1v) is 5.76. The number of nitrogens with one attached hydrogen (secondary N) is 1. The second kappa shape index (κ2) is 5.89. The van der Waals surface area contributed by atoms with Crippen LogP contribution < -0.4 is 11.1 Å². The summed E-state index contributed by atoms with van der Waals surface area (Å²) in [7, 11) is 1.63. The molecule has 17 heavy (non-hydrogen) atoms. The zero-order valence-electron chi connectivity index (χ0n) is 10.8. The van der Waals surface area contributed by atoms with Crippen LogP contribution in [0.15, 0.2) is 18.2 Å². The summed E-state index contributed by atoms with van der Waals surface area (Å²) in [4.78, 5) is 0. The summed E-state index contributed by atoms with van der Waals surface area (Å²) in [6, 6.07) is 5.82. The Morgan fingerprint density at radius 2 is 2.18 bits per heavy atom. The lowest BCUT2D eigenvalue weighted by Gasteiger charge is -2.24. The van der Waals surface area contributed by atoms with E-state index in [1.54, 1.807) is 14.0 Å². The molecular formula is C13H22N2O2. The number of methoxy groups -OCH3 is 1. The number of para-hydroxylation sites is 1. The summed E-state index contributed by atoms with van der Waals surface area (Å²) in [6.07, 6.45) is 0.586. The minimum Gasteiger partial charge on any atom is -0.397 e. The van der Waals surface area contributed by atoms with E-state index >= 15 is 0 Å². The maximum atomic E-state index is 10.1. The van der Waals surface area contributed by atoms with Crippen molar-refractivity contribution in [3.8, 4) is 0 Å². The summed E-state index contributed by atoms with van der Waals surface area (Å²) in [6.45, 7) is 4.73. The molecule has 0 radical (unpaired) electrons. The summed E-state index contributed by atoms with van der Waals surface area (Å²) < 4.78 is 4.96. The summed E-state index contributed by atoms with van der Waals surface area (Å²) in [5.41, 5.74) is 7.77. The second-order valence-corrected chi connectivity index (χ2v) is 4.63. The standard InChI is InChI=1S/C13H22N2O2/c1-10-5-4-6-11(12(10)14)15-9-13(2,16)7-8-17-3/h4-6,15-16H,7-9,14H2,1-3H3. The van der Waals surface area contributed by atoms with Crippen LogP contribution in [0, 0.1) is 6.92 Å². The highest BCUT2D eigenvalue weighted by Gasteiger charge is 2.19. The Bertz CT molecular complexity index is 364. The molecule has 0 saturated carbocycles. The smallest absolute Gasteiger partial charge is 0.0813 e. The summed E-state index contributed by atoms with van der Waals surface area (Å²) in [5, 5.41) is 13.3. The monoisotopic (exact) mass is 238 g/mol. The Hall–Kier alpha value is -1.26. The lowest BCUT2D eigenvalue weighted by molar-refractivity contribution is 0.0358. The molecule has 0 heterocycles. The van der Waals surface area contributed by atoms with Gasteiger partial charge in [0.1, 0.15) is 0 Å². The van der Waals surface area contributed by atoms with Gasteiger partial charge in [0.25, 0.3) is 0 Å². The number of nitrogens with two attached hydrogens (primary N) is 1. The minimum absolute atomic E-state index is 0.448. The van der Waals surface area contributed by atoms with Crippen LogP contribution in [0.3, 0.4) is 0 Å². The number of nitrogen functional groups attached to an aromatic ring is 1. The maximum absolute atomic E-state index is 10.1. The third kappa shape index (κ3) is 4.24. The molecule has 96 valence electrons. The molecular weight excluding hydrogens is 216 g/mol. The molecule has 0 fully saturated rings. The highest BCUT2D eigenvalue weighted by molar-refractivity contribution is 5.69. The van der Waals surface area contributed by atoms with Crippen LogP contribution in [0.5, 0.6) is 0 Å². The van der Waals surface area contributed by atoms with Gasteiger partial charge in [-0.25, -0.2) is 0 Å². The molecule has 0 spiro atoms. The van der Waals surface area contributed by atoms with Crippen molar-refractivity contribution < 1.29 is 9.84 Å². The third-order valence-electron chi connectivity index (χ3n) is 2.83. The number of aliphatic hydroxyl groups is 1. The number of hydrogen-bond donors (Lipinski definition) is 3. The van der Waals surface area contributed by atoms with Gasteiger partial charge in [-0.1, -0.05) is 12.1 Å². The Morgan fingerprint density at radius 1 is 1.47 bits per heavy atom. The van der Waals surface area contributed by atoms with Crippen LogP contribution in [0.2, 0.25) is 0 Å². The predicted octanol–water partition coefficient (Wildman–Crippen LogP) is 1.78. The normalized spacial score (nSPS) is 14.4. The van der Waals surface area contributed by atoms with E-state index in [1.165, 1.54) is 0 Å². The molecule has 1 unspecified atom stereocenters. The van der Waals surface area contributed by atoms with Crippen LogP contribution in [0.1, 0.15) is 18.9 Å². The number of rotatable bonds is 6. The molecule has 1 aromatic rings. The molecule has 1 atom stereocenters. The van der Waals surface area contributed by atoms with Crippen LogP contribution in [-0.2, 0) is 4.74 Å². The molecule has 1 rings (SSSR count). The zero-order valence-corrected chi connectivity index (χ0v) is 10.8. The van der Waals surface area contributed by atoms with Crippen LogP contribution >= 0.6 is 0 Å². The Labute approximate surface area is 103 Å². The third-order valence-corrected chi connectivity index (χ3v) is 2.83. The van der Waals surface area contributed by atoms with Gasteiger partial charge in [-0.15, -0.1) is 0 Å². The largest absolute Gasteiger partial charge is 0.397 e. The average molecular weight is 238 g/mol. The van der Waals surface area contributed by atoms with Gasteiger partial charge < -0.3 is 20.9 Å². The van der Waals surface area contributed by atoms with E-state index < -0.39 is 5.60 Å². The molecule has 4 N–H and O–H groups in total. The van der Waals surface area contributed by atoms with E-state index in [0.717, 1.165) is 16.9 Å². The SMILES string of the molecule is COCCC(C)(O)CNc1cccc(C)c1N. The molecule has 0 bridgehead atoms. The quantitative estimate of drug-likeness (QED) is 0.661. The predicted molar refractivity (Wildman–Crippen MR) is 71.2 cm³/mol. The number of ether oxygens (including phenoxy) is 1. The maximum Gasteiger partial charge on any atom is 0.0813 e. The summed E-state index contributed by atoms with van der Waals surface area (Å²) in [5.74, 6) is 0. The van der Waals surface area contributed by atoms with Gasteiger partial charge in [-0.3, -0.25) is 0 Å². The Morgan fingerprint density at radius 3 is 2.82 bits per heavy atom. The molecule has 0 saturated heterocycles. The molecule has 4 nitrogen and oxygen atoms in total. The molecule has 0 aliphatic carbocycles. The second-order valence-electron chi connectivity index (χ2n) is 4.63. The van der Waals surface area contributed by atoms with Crippen molar-refractivity contribution in [1.29, 1.82) is 0 Å². The first-order chi connectivity index (χ1) is 7.96. The Balaban J connectivity index is 2.58. The van der Waals surface area contributed by atoms with Gasteiger partial charge in [0.05, 0.1) is 17.0 Å². The summed E-state index contributed by atoms with van der Waals surface area (Å²) >= 11 is 0. The first-order valence-electron chi connectivity index (χ1n) is 5.76. The van der Waals surface area contributed by atoms with Gasteiger partial charge in [-0.2, -0.15) is 0 Å². The van der Waals surface area contributed by atoms with Crippen molar-refractivity contribution >= 4 is 11.4 Å². The highest BCUT2D eigenvalue weighted by Crippen LogP contribution is 2.22. The fourth-order valence-electron chi connectivity index (χ4n) is 1.53. The molecule has 0 aliphatic heterocycles. The fourth-order valence-corrected chi connectivity index (χ4v) is 1.53. The van der Waals surface area contributed by atoms with E-state index in [1.807, 2.05) is 25.1 Å². The van der Waals surface area contributed by atoms with Crippen molar-refractivity contribution in [3.63, 3.8) is 0 Å². The van der Waals surface area contributed by atoms with Gasteiger partial charge >= 0.3 is 0 Å². The molecule has 0 amide bonds. The lowest BCUT2D eigenvalue weighted by atomic mass is 10.0. The minimum atomic E-state index is -0.799. The van der Waals surface area contributed by atoms with Crippen molar-refractivity contribution in [2.24, 2.45) is 0 Å². The van der Waals surface area contributed by atoms with E-state index in [4.69, 9.17) is 10.5 Å². The highest BCUT2D eigenvalue weighted by atomic mass is 16.5. The van der Waals surface area contributed by atoms with Crippen LogP contribution in [0.25, 0.3) is 0 Å². The van der Waals surface area contributed by atoms with E-state index in [2.05, 4.69) is 5.32 Å². The van der Waals surface area contributed by atoms with E-state index in [0.29, 0.717) is 19.6 Å². The number of aryl methyl sites for hydroxylation is 1. The van der Waals surface area contributed by atoms with Crippen molar-refractivity contribution in [1.82, 2.24) is 0 Å². The van der Waals surface area contributed by atoms with Gasteiger partial charge in [0.2, 0.25) is 0 Å². The van der Waals surface area contributed by atoms with Crippen LogP contribution in [0.4, 0.5) is 11.4 Å². The van der Waals surface area contributed by atoms with Crippen LogP contribution in [-0.4, -0.2) is 31.0 Å². The molecule has 0 aliphatic rings. The van der Waals surface area contributed by atoms with Crippen molar-refractivity contribution in [3.05, 3.63) is 23.8 Å². The lowest BCUT2D eigenvalue weighted by Crippen LogP contribution is -2.34. The van der Waals surface area contributed by atoms with Crippen molar-refractivity contribution in [2.45, 2.75) is 25.9 Å². The Kier molecular flexibility index (Phi) is 4.78. The van der Waals surface area contributed by atoms with E-state index in [-0.39, 0.29) is 0 Å². The van der Waals surface area contributed by atoms with Gasteiger partial charge in [0, 0.05) is 26.7 Å². The van der Waals surface area contributed by atoms with Crippen molar-refractivity contribution in [2.75, 3.05) is 31.3 Å². The zero-order chi connectivity index (χ0) is 12.9. The first kappa shape index (κ1) is 13.8. The number of hydrogen-bond acceptors (Lipinski definition) is 4. The molecule has 1 aromatic carbocycles. The van der Waals surface area contributed by atoms with Gasteiger partial charge in [0.15, 0.2) is 0 Å². The fraction of sp³-hybridized carbons (Fsp3) is 0.538. The van der Waals surface area contributed by atoms with Gasteiger partial charge in [-0.05, 0) is 25.5 Å². The number of anilines is 2.